The Bertz CT molecular complexity index is 765. The molecule has 1 aromatic heterocycles. The summed E-state index contributed by atoms with van der Waals surface area (Å²) in [6.07, 6.45) is 3.85. The van der Waals surface area contributed by atoms with E-state index in [-0.39, 0.29) is 11.4 Å². The van der Waals surface area contributed by atoms with Gasteiger partial charge in [0.15, 0.2) is 11.6 Å². The summed E-state index contributed by atoms with van der Waals surface area (Å²) in [7, 11) is 0. The number of rotatable bonds is 3. The number of halogens is 1. The van der Waals surface area contributed by atoms with Crippen molar-refractivity contribution in [3.8, 4) is 17.6 Å². The van der Waals surface area contributed by atoms with Crippen LogP contribution in [0.25, 0.3) is 6.08 Å². The number of nitriles is 1. The van der Waals surface area contributed by atoms with Crippen molar-refractivity contribution >= 4 is 11.8 Å². The Morgan fingerprint density at radius 2 is 2.33 bits per heavy atom. The van der Waals surface area contributed by atoms with Crippen LogP contribution in [0.5, 0.6) is 11.5 Å². The zero-order chi connectivity index (χ0) is 14.8. The molecule has 0 saturated heterocycles. The van der Waals surface area contributed by atoms with Gasteiger partial charge in [-0.15, -0.1) is 0 Å². The maximum Gasteiger partial charge on any atom is 0.170 e. The van der Waals surface area contributed by atoms with Crippen molar-refractivity contribution in [3.05, 3.63) is 53.6 Å². The highest BCUT2D eigenvalue weighted by molar-refractivity contribution is 5.72. The first-order chi connectivity index (χ1) is 10.2. The number of nitrogens with one attached hydrogen (secondary N) is 1. The summed E-state index contributed by atoms with van der Waals surface area (Å²) < 4.78 is 19.9. The van der Waals surface area contributed by atoms with Gasteiger partial charge in [-0.25, -0.2) is 9.37 Å². The molecule has 2 aromatic rings. The normalized spacial score (nSPS) is 12.2. The fourth-order valence-electron chi connectivity index (χ4n) is 2.41. The van der Waals surface area contributed by atoms with E-state index in [1.807, 2.05) is 6.07 Å². The lowest BCUT2D eigenvalue weighted by Crippen LogP contribution is -1.97. The quantitative estimate of drug-likeness (QED) is 0.935. The summed E-state index contributed by atoms with van der Waals surface area (Å²) in [6, 6.07) is 6.40. The van der Waals surface area contributed by atoms with E-state index in [1.54, 1.807) is 12.1 Å². The summed E-state index contributed by atoms with van der Waals surface area (Å²) in [5.74, 6) is 0.0327. The highest BCUT2D eigenvalue weighted by Crippen LogP contribution is 2.38. The van der Waals surface area contributed by atoms with E-state index >= 15 is 0 Å². The summed E-state index contributed by atoms with van der Waals surface area (Å²) >= 11 is 0. The van der Waals surface area contributed by atoms with Crippen LogP contribution < -0.4 is 10.1 Å². The molecule has 0 unspecified atom stereocenters. The number of ether oxygens (including phenoxy) is 1. The molecular formula is C16H12FN3O. The highest BCUT2D eigenvalue weighted by Gasteiger charge is 2.21. The van der Waals surface area contributed by atoms with E-state index in [2.05, 4.69) is 16.9 Å². The lowest BCUT2D eigenvalue weighted by molar-refractivity contribution is 0.440. The molecule has 0 spiro atoms. The highest BCUT2D eigenvalue weighted by atomic mass is 19.1. The molecular weight excluding hydrogens is 269 g/mol. The van der Waals surface area contributed by atoms with Crippen LogP contribution >= 0.6 is 0 Å². The number of aromatic nitrogens is 1. The number of nitrogens with zero attached hydrogens (tertiary/aromatic N) is 2. The Labute approximate surface area is 121 Å². The zero-order valence-corrected chi connectivity index (χ0v) is 11.2. The first-order valence-electron chi connectivity index (χ1n) is 6.48. The second kappa shape index (κ2) is 5.25. The molecule has 4 nitrogen and oxygen atoms in total. The molecule has 1 aliphatic heterocycles. The van der Waals surface area contributed by atoms with Gasteiger partial charge in [0.25, 0.3) is 0 Å². The van der Waals surface area contributed by atoms with Crippen LogP contribution in [0.4, 0.5) is 10.1 Å². The van der Waals surface area contributed by atoms with Crippen molar-refractivity contribution in [1.29, 1.82) is 5.26 Å². The standard InChI is InChI=1S/C16H12FN3O/c1-2-12-13-4-6-20-15(13)8-14(17)16(12)21-11-3-5-19-10(7-11)9-18/h2-3,5,7-8,20H,1,4,6H2. The maximum atomic E-state index is 14.3. The van der Waals surface area contributed by atoms with Crippen molar-refractivity contribution in [1.82, 2.24) is 4.98 Å². The predicted molar refractivity (Wildman–Crippen MR) is 77.7 cm³/mol. The molecule has 2 heterocycles. The second-order valence-corrected chi connectivity index (χ2v) is 4.60. The molecule has 1 N–H and O–H groups in total. The third kappa shape index (κ3) is 2.32. The maximum absolute atomic E-state index is 14.3. The monoisotopic (exact) mass is 281 g/mol. The molecule has 0 aliphatic carbocycles. The summed E-state index contributed by atoms with van der Waals surface area (Å²) in [6.45, 7) is 4.52. The van der Waals surface area contributed by atoms with Crippen molar-refractivity contribution in [3.63, 3.8) is 0 Å². The Morgan fingerprint density at radius 3 is 3.10 bits per heavy atom. The van der Waals surface area contributed by atoms with E-state index < -0.39 is 5.82 Å². The van der Waals surface area contributed by atoms with Crippen LogP contribution in [0.3, 0.4) is 0 Å². The van der Waals surface area contributed by atoms with Crippen LogP contribution in [0.15, 0.2) is 31.0 Å². The average molecular weight is 281 g/mol. The first-order valence-corrected chi connectivity index (χ1v) is 6.48. The topological polar surface area (TPSA) is 57.9 Å². The third-order valence-corrected chi connectivity index (χ3v) is 3.34. The van der Waals surface area contributed by atoms with Gasteiger partial charge in [0.2, 0.25) is 0 Å². The minimum Gasteiger partial charge on any atom is -0.453 e. The van der Waals surface area contributed by atoms with Gasteiger partial charge in [-0.1, -0.05) is 12.7 Å². The molecule has 1 aliphatic rings. The van der Waals surface area contributed by atoms with Crippen molar-refractivity contribution in [2.24, 2.45) is 0 Å². The van der Waals surface area contributed by atoms with E-state index in [1.165, 1.54) is 18.3 Å². The third-order valence-electron chi connectivity index (χ3n) is 3.34. The first kappa shape index (κ1) is 13.1. The Kier molecular flexibility index (Phi) is 3.28. The van der Waals surface area contributed by atoms with Gasteiger partial charge in [0.05, 0.1) is 0 Å². The molecule has 104 valence electrons. The van der Waals surface area contributed by atoms with Gasteiger partial charge < -0.3 is 10.1 Å². The van der Waals surface area contributed by atoms with Crippen LogP contribution in [0, 0.1) is 17.1 Å². The number of hydrogen-bond acceptors (Lipinski definition) is 4. The zero-order valence-electron chi connectivity index (χ0n) is 11.2. The summed E-state index contributed by atoms with van der Waals surface area (Å²) in [5.41, 5.74) is 2.64. The van der Waals surface area contributed by atoms with Crippen molar-refractivity contribution in [2.45, 2.75) is 6.42 Å². The number of pyridine rings is 1. The molecule has 1 aromatic carbocycles. The van der Waals surface area contributed by atoms with E-state index in [0.717, 1.165) is 24.2 Å². The van der Waals surface area contributed by atoms with Crippen molar-refractivity contribution in [2.75, 3.05) is 11.9 Å². The Hall–Kier alpha value is -2.87. The number of fused-ring (bicyclic) bond motifs is 1. The number of hydrogen-bond donors (Lipinski definition) is 1. The summed E-state index contributed by atoms with van der Waals surface area (Å²) in [5, 5.41) is 12.0. The molecule has 0 atom stereocenters. The van der Waals surface area contributed by atoms with Gasteiger partial charge in [0, 0.05) is 36.1 Å². The minimum absolute atomic E-state index is 0.127. The Balaban J connectivity index is 2.06. The number of anilines is 1. The van der Waals surface area contributed by atoms with E-state index in [9.17, 15) is 4.39 Å². The smallest absolute Gasteiger partial charge is 0.170 e. The van der Waals surface area contributed by atoms with Gasteiger partial charge in [-0.05, 0) is 18.1 Å². The van der Waals surface area contributed by atoms with Gasteiger partial charge in [-0.3, -0.25) is 0 Å². The van der Waals surface area contributed by atoms with Gasteiger partial charge >= 0.3 is 0 Å². The fraction of sp³-hybridized carbons (Fsp3) is 0.125. The van der Waals surface area contributed by atoms with Crippen LogP contribution in [0.2, 0.25) is 0 Å². The fourth-order valence-corrected chi connectivity index (χ4v) is 2.41. The molecule has 5 heteroatoms. The summed E-state index contributed by atoms with van der Waals surface area (Å²) in [4.78, 5) is 3.86. The Morgan fingerprint density at radius 1 is 1.48 bits per heavy atom. The van der Waals surface area contributed by atoms with Crippen LogP contribution in [-0.2, 0) is 6.42 Å². The largest absolute Gasteiger partial charge is 0.453 e. The molecule has 0 saturated carbocycles. The molecule has 0 bridgehead atoms. The average Bonchev–Trinajstić information content (AvgIpc) is 2.96. The minimum atomic E-state index is -0.464. The van der Waals surface area contributed by atoms with Crippen molar-refractivity contribution < 1.29 is 9.13 Å². The molecule has 21 heavy (non-hydrogen) atoms. The lowest BCUT2D eigenvalue weighted by atomic mass is 10.0. The van der Waals surface area contributed by atoms with E-state index in [4.69, 9.17) is 10.00 Å². The molecule has 0 fully saturated rings. The van der Waals surface area contributed by atoms with Gasteiger partial charge in [-0.2, -0.15) is 5.26 Å². The SMILES string of the molecule is C=Cc1c2c(cc(F)c1Oc1ccnc(C#N)c1)NCC2. The molecule has 0 amide bonds. The molecule has 0 radical (unpaired) electrons. The predicted octanol–water partition coefficient (Wildman–Crippen LogP) is 3.50. The lowest BCUT2D eigenvalue weighted by Gasteiger charge is -2.13. The number of benzene rings is 1. The van der Waals surface area contributed by atoms with Gasteiger partial charge in [0.1, 0.15) is 17.5 Å². The van der Waals surface area contributed by atoms with Crippen LogP contribution in [0.1, 0.15) is 16.8 Å². The molecule has 3 rings (SSSR count). The second-order valence-electron chi connectivity index (χ2n) is 4.60. The van der Waals surface area contributed by atoms with E-state index in [0.29, 0.717) is 11.3 Å². The van der Waals surface area contributed by atoms with Crippen LogP contribution in [-0.4, -0.2) is 11.5 Å².